The summed E-state index contributed by atoms with van der Waals surface area (Å²) in [6, 6.07) is 25.9. The van der Waals surface area contributed by atoms with Gasteiger partial charge >= 0.3 is 0 Å². The van der Waals surface area contributed by atoms with Gasteiger partial charge in [-0.25, -0.2) is 0 Å². The van der Waals surface area contributed by atoms with Crippen molar-refractivity contribution in [2.24, 2.45) is 16.5 Å². The lowest BCUT2D eigenvalue weighted by molar-refractivity contribution is -0.129. The zero-order chi connectivity index (χ0) is 25.9. The molecule has 37 heavy (non-hydrogen) atoms. The number of rotatable bonds is 11. The normalized spacial score (nSPS) is 12.1. The summed E-state index contributed by atoms with van der Waals surface area (Å²) in [4.78, 5) is 31.0. The number of halogens is 2. The molecular formula is C28H33BrClN5O2. The van der Waals surface area contributed by atoms with Crippen LogP contribution in [0.15, 0.2) is 94.4 Å². The average molecular weight is 587 g/mol. The lowest BCUT2D eigenvalue weighted by Crippen LogP contribution is -2.48. The van der Waals surface area contributed by atoms with Crippen molar-refractivity contribution in [3.63, 3.8) is 0 Å². The van der Waals surface area contributed by atoms with E-state index in [4.69, 9.17) is 11.5 Å². The number of nitrogens with one attached hydrogen (secondary N) is 2. The van der Waals surface area contributed by atoms with Crippen LogP contribution in [0, 0.1) is 0 Å². The Labute approximate surface area is 232 Å². The monoisotopic (exact) mass is 585 g/mol. The zero-order valence-electron chi connectivity index (χ0n) is 20.6. The molecule has 3 aromatic rings. The standard InChI is InChI=1S/C28H32BrN5O2.ClH/c1-19(20-14-16-23(29)17-15-20)33-26(35)24(13-8-18-32-28(30)31)34-27(36)25(21-9-4-2-5-10-21)22-11-6-3-7-12-22;/h2-7,9-12,14-17,19,24-25H,8,13,18H2,1H3,(H,33,35)(H,34,36)(H4,30,31,32);1H/t19-,24+;/m1./s1. The smallest absolute Gasteiger partial charge is 0.243 e. The molecule has 0 unspecified atom stereocenters. The Morgan fingerprint density at radius 2 is 1.35 bits per heavy atom. The third kappa shape index (κ3) is 9.22. The number of hydrogen-bond donors (Lipinski definition) is 4. The van der Waals surface area contributed by atoms with Crippen LogP contribution in [0.4, 0.5) is 0 Å². The van der Waals surface area contributed by atoms with Gasteiger partial charge in [0.25, 0.3) is 0 Å². The Kier molecular flexibility index (Phi) is 12.1. The summed E-state index contributed by atoms with van der Waals surface area (Å²) >= 11 is 3.43. The van der Waals surface area contributed by atoms with E-state index in [1.54, 1.807) is 0 Å². The number of carbonyl (C=O) groups excluding carboxylic acids is 2. The summed E-state index contributed by atoms with van der Waals surface area (Å²) in [5, 5.41) is 6.03. The molecule has 0 spiro atoms. The van der Waals surface area contributed by atoms with Gasteiger partial charge in [-0.1, -0.05) is 88.7 Å². The Balaban J connectivity index is 0.00000481. The third-order valence-electron chi connectivity index (χ3n) is 5.84. The fourth-order valence-corrected chi connectivity index (χ4v) is 4.23. The average Bonchev–Trinajstić information content (AvgIpc) is 2.87. The van der Waals surface area contributed by atoms with Crippen molar-refractivity contribution in [1.82, 2.24) is 10.6 Å². The summed E-state index contributed by atoms with van der Waals surface area (Å²) < 4.78 is 0.961. The van der Waals surface area contributed by atoms with Crippen molar-refractivity contribution >= 4 is 46.1 Å². The Morgan fingerprint density at radius 1 is 0.811 bits per heavy atom. The van der Waals surface area contributed by atoms with Crippen LogP contribution in [0.3, 0.4) is 0 Å². The van der Waals surface area contributed by atoms with Crippen LogP contribution in [0.5, 0.6) is 0 Å². The number of nitrogens with zero attached hydrogens (tertiary/aromatic N) is 1. The highest BCUT2D eigenvalue weighted by Gasteiger charge is 2.28. The highest BCUT2D eigenvalue weighted by atomic mass is 79.9. The van der Waals surface area contributed by atoms with Gasteiger partial charge in [0.1, 0.15) is 6.04 Å². The molecular weight excluding hydrogens is 554 g/mol. The Morgan fingerprint density at radius 3 is 1.86 bits per heavy atom. The molecule has 9 heteroatoms. The Hall–Kier alpha value is -3.36. The predicted octanol–water partition coefficient (Wildman–Crippen LogP) is 4.42. The van der Waals surface area contributed by atoms with E-state index in [0.29, 0.717) is 19.4 Å². The van der Waals surface area contributed by atoms with Crippen LogP contribution in [-0.2, 0) is 9.59 Å². The van der Waals surface area contributed by atoms with E-state index in [9.17, 15) is 9.59 Å². The van der Waals surface area contributed by atoms with Crippen molar-refractivity contribution < 1.29 is 9.59 Å². The van der Waals surface area contributed by atoms with Crippen LogP contribution in [-0.4, -0.2) is 30.4 Å². The number of carbonyl (C=O) groups is 2. The molecule has 196 valence electrons. The van der Waals surface area contributed by atoms with Gasteiger partial charge in [-0.2, -0.15) is 0 Å². The summed E-state index contributed by atoms with van der Waals surface area (Å²) in [7, 11) is 0. The van der Waals surface area contributed by atoms with Gasteiger partial charge in [0.15, 0.2) is 5.96 Å². The van der Waals surface area contributed by atoms with Crippen LogP contribution < -0.4 is 22.1 Å². The van der Waals surface area contributed by atoms with E-state index in [-0.39, 0.29) is 36.2 Å². The fraction of sp³-hybridized carbons (Fsp3) is 0.250. The van der Waals surface area contributed by atoms with E-state index in [1.807, 2.05) is 91.9 Å². The highest BCUT2D eigenvalue weighted by Crippen LogP contribution is 2.25. The second kappa shape index (κ2) is 15.0. The number of hydrogen-bond acceptors (Lipinski definition) is 3. The molecule has 0 heterocycles. The first-order valence-corrected chi connectivity index (χ1v) is 12.7. The molecule has 0 radical (unpaired) electrons. The molecule has 0 saturated carbocycles. The SMILES string of the molecule is C[C@@H](NC(=O)[C@H](CCCN=C(N)N)NC(=O)C(c1ccccc1)c1ccccc1)c1ccc(Br)cc1.Cl. The second-order valence-electron chi connectivity index (χ2n) is 8.55. The molecule has 0 bridgehead atoms. The molecule has 3 rings (SSSR count). The van der Waals surface area contributed by atoms with Crippen molar-refractivity contribution in [2.45, 2.75) is 37.8 Å². The summed E-state index contributed by atoms with van der Waals surface area (Å²) in [6.07, 6.45) is 0.919. The summed E-state index contributed by atoms with van der Waals surface area (Å²) in [5.74, 6) is -1.06. The van der Waals surface area contributed by atoms with E-state index in [0.717, 1.165) is 21.2 Å². The number of nitrogens with two attached hydrogens (primary N) is 2. The van der Waals surface area contributed by atoms with Gasteiger partial charge in [-0.3, -0.25) is 14.6 Å². The maximum Gasteiger partial charge on any atom is 0.243 e. The molecule has 2 atom stereocenters. The number of aliphatic imine (C=N–C) groups is 1. The first-order valence-electron chi connectivity index (χ1n) is 11.9. The zero-order valence-corrected chi connectivity index (χ0v) is 23.0. The molecule has 6 N–H and O–H groups in total. The van der Waals surface area contributed by atoms with Gasteiger partial charge in [-0.05, 0) is 48.6 Å². The molecule has 0 aliphatic carbocycles. The van der Waals surface area contributed by atoms with Crippen molar-refractivity contribution in [1.29, 1.82) is 0 Å². The van der Waals surface area contributed by atoms with E-state index in [1.165, 1.54) is 0 Å². The second-order valence-corrected chi connectivity index (χ2v) is 9.46. The van der Waals surface area contributed by atoms with Gasteiger partial charge in [0.2, 0.25) is 11.8 Å². The molecule has 0 aromatic heterocycles. The minimum absolute atomic E-state index is 0. The first-order chi connectivity index (χ1) is 17.3. The molecule has 3 aromatic carbocycles. The van der Waals surface area contributed by atoms with Crippen LogP contribution in [0.1, 0.15) is 48.4 Å². The minimum atomic E-state index is -0.750. The molecule has 2 amide bonds. The predicted molar refractivity (Wildman–Crippen MR) is 155 cm³/mol. The van der Waals surface area contributed by atoms with Crippen molar-refractivity contribution in [2.75, 3.05) is 6.54 Å². The maximum atomic E-state index is 13.6. The van der Waals surface area contributed by atoms with Gasteiger partial charge in [0.05, 0.1) is 12.0 Å². The van der Waals surface area contributed by atoms with E-state index in [2.05, 4.69) is 31.6 Å². The number of amides is 2. The van der Waals surface area contributed by atoms with Crippen molar-refractivity contribution in [3.05, 3.63) is 106 Å². The van der Waals surface area contributed by atoms with Gasteiger partial charge in [0, 0.05) is 11.0 Å². The molecule has 0 aliphatic rings. The van der Waals surface area contributed by atoms with Crippen LogP contribution in [0.2, 0.25) is 0 Å². The van der Waals surface area contributed by atoms with Gasteiger partial charge < -0.3 is 22.1 Å². The summed E-state index contributed by atoms with van der Waals surface area (Å²) in [5.41, 5.74) is 13.5. The van der Waals surface area contributed by atoms with E-state index >= 15 is 0 Å². The number of benzene rings is 3. The lowest BCUT2D eigenvalue weighted by atomic mass is 9.90. The number of guanidine groups is 1. The fourth-order valence-electron chi connectivity index (χ4n) is 3.96. The van der Waals surface area contributed by atoms with Crippen molar-refractivity contribution in [3.8, 4) is 0 Å². The first kappa shape index (κ1) is 29.9. The molecule has 0 aliphatic heterocycles. The third-order valence-corrected chi connectivity index (χ3v) is 6.36. The van der Waals surface area contributed by atoms with Crippen LogP contribution >= 0.6 is 28.3 Å². The lowest BCUT2D eigenvalue weighted by Gasteiger charge is -2.25. The van der Waals surface area contributed by atoms with Crippen LogP contribution in [0.25, 0.3) is 0 Å². The quantitative estimate of drug-likeness (QED) is 0.151. The Bertz CT molecular complexity index is 1120. The van der Waals surface area contributed by atoms with Gasteiger partial charge in [-0.15, -0.1) is 12.4 Å². The maximum absolute atomic E-state index is 13.6. The minimum Gasteiger partial charge on any atom is -0.370 e. The summed E-state index contributed by atoms with van der Waals surface area (Å²) in [6.45, 7) is 2.28. The highest BCUT2D eigenvalue weighted by molar-refractivity contribution is 9.10. The molecule has 0 fully saturated rings. The topological polar surface area (TPSA) is 123 Å². The van der Waals surface area contributed by atoms with E-state index < -0.39 is 12.0 Å². The molecule has 7 nitrogen and oxygen atoms in total. The largest absolute Gasteiger partial charge is 0.370 e. The molecule has 0 saturated heterocycles.